The molecule has 1 aromatic rings. The van der Waals surface area contributed by atoms with E-state index in [2.05, 4.69) is 24.0 Å². The Balaban J connectivity index is 2.00. The van der Waals surface area contributed by atoms with Crippen LogP contribution in [0.2, 0.25) is 0 Å². The van der Waals surface area contributed by atoms with Crippen LogP contribution >= 0.6 is 0 Å². The van der Waals surface area contributed by atoms with Gasteiger partial charge in [-0.05, 0) is 37.8 Å². The Morgan fingerprint density at radius 2 is 1.70 bits per heavy atom. The van der Waals surface area contributed by atoms with E-state index >= 15 is 0 Å². The smallest absolute Gasteiger partial charge is 0.147 e. The lowest BCUT2D eigenvalue weighted by atomic mass is 9.69. The van der Waals surface area contributed by atoms with E-state index in [1.165, 1.54) is 6.42 Å². The monoisotopic (exact) mass is 304 g/mol. The van der Waals surface area contributed by atoms with Gasteiger partial charge in [-0.1, -0.05) is 43.2 Å². The number of nitrogens with zero attached hydrogens (tertiary/aromatic N) is 2. The van der Waals surface area contributed by atoms with E-state index in [0.29, 0.717) is 24.0 Å². The van der Waals surface area contributed by atoms with Gasteiger partial charge in [-0.15, -0.1) is 0 Å². The first-order valence-corrected chi connectivity index (χ1v) is 8.31. The van der Waals surface area contributed by atoms with Gasteiger partial charge in [0.15, 0.2) is 0 Å². The summed E-state index contributed by atoms with van der Waals surface area (Å²) in [7, 11) is 0. The van der Waals surface area contributed by atoms with Crippen molar-refractivity contribution < 1.29 is 5.11 Å². The Morgan fingerprint density at radius 3 is 2.26 bits per heavy atom. The van der Waals surface area contributed by atoms with Crippen molar-refractivity contribution in [2.24, 2.45) is 11.3 Å². The zero-order chi connectivity index (χ0) is 16.3. The third kappa shape index (κ3) is 2.72. The summed E-state index contributed by atoms with van der Waals surface area (Å²) in [4.78, 5) is 0. The maximum Gasteiger partial charge on any atom is 0.147 e. The molecule has 116 valence electrons. The summed E-state index contributed by atoms with van der Waals surface area (Å²) in [5.74, 6) is 6.11. The number of hydrogen-bond acceptors (Lipinski definition) is 3. The highest BCUT2D eigenvalue weighted by molar-refractivity contribution is 5.49. The molecular weight excluding hydrogens is 284 g/mol. The molecule has 3 rings (SSSR count). The molecule has 0 heterocycles. The second kappa shape index (κ2) is 6.08. The number of aliphatic hydroxyl groups is 1. The minimum Gasteiger partial charge on any atom is -0.376 e. The van der Waals surface area contributed by atoms with Crippen molar-refractivity contribution in [2.75, 3.05) is 0 Å². The summed E-state index contributed by atoms with van der Waals surface area (Å²) < 4.78 is 0. The lowest BCUT2D eigenvalue weighted by Crippen LogP contribution is -2.46. The topological polar surface area (TPSA) is 67.8 Å². The Labute approximate surface area is 137 Å². The van der Waals surface area contributed by atoms with Gasteiger partial charge in [-0.25, -0.2) is 0 Å². The summed E-state index contributed by atoms with van der Waals surface area (Å²) >= 11 is 0. The van der Waals surface area contributed by atoms with Gasteiger partial charge in [0.05, 0.1) is 17.0 Å². The summed E-state index contributed by atoms with van der Waals surface area (Å²) in [6.45, 7) is 0. The fourth-order valence-corrected chi connectivity index (χ4v) is 3.69. The van der Waals surface area contributed by atoms with Crippen LogP contribution in [0.4, 0.5) is 0 Å². The number of benzene rings is 1. The van der Waals surface area contributed by atoms with Crippen molar-refractivity contribution >= 4 is 0 Å². The first-order valence-electron chi connectivity index (χ1n) is 8.31. The van der Waals surface area contributed by atoms with Gasteiger partial charge in [0.25, 0.3) is 0 Å². The predicted octanol–water partition coefficient (Wildman–Crippen LogP) is 3.52. The van der Waals surface area contributed by atoms with Crippen LogP contribution in [0.5, 0.6) is 0 Å². The second-order valence-electron chi connectivity index (χ2n) is 6.70. The fourth-order valence-electron chi connectivity index (χ4n) is 3.69. The Morgan fingerprint density at radius 1 is 1.04 bits per heavy atom. The summed E-state index contributed by atoms with van der Waals surface area (Å²) in [6, 6.07) is 11.6. The molecule has 0 spiro atoms. The standard InChI is InChI=1S/C20H20N2O/c21-14-17-7-5-4-6-16(17)10-11-20(23,19(15-22)12-13-19)18-8-2-1-3-9-18/h4-7,18,23H,1-3,8-9,12-13H2/t20-/m1/s1. The van der Waals surface area contributed by atoms with Crippen molar-refractivity contribution in [3.05, 3.63) is 35.4 Å². The summed E-state index contributed by atoms with van der Waals surface area (Å²) in [5.41, 5.74) is -0.848. The van der Waals surface area contributed by atoms with Crippen molar-refractivity contribution in [3.63, 3.8) is 0 Å². The highest BCUT2D eigenvalue weighted by atomic mass is 16.3. The third-order valence-electron chi connectivity index (χ3n) is 5.32. The molecule has 2 saturated carbocycles. The molecule has 2 fully saturated rings. The zero-order valence-corrected chi connectivity index (χ0v) is 13.2. The van der Waals surface area contributed by atoms with Crippen LogP contribution < -0.4 is 0 Å². The quantitative estimate of drug-likeness (QED) is 0.850. The highest BCUT2D eigenvalue weighted by Crippen LogP contribution is 2.58. The molecule has 1 aromatic carbocycles. The average Bonchev–Trinajstić information content (AvgIpc) is 3.42. The first-order chi connectivity index (χ1) is 11.1. The maximum atomic E-state index is 11.4. The minimum atomic E-state index is -1.26. The van der Waals surface area contributed by atoms with E-state index in [-0.39, 0.29) is 5.92 Å². The van der Waals surface area contributed by atoms with Crippen molar-refractivity contribution in [2.45, 2.75) is 50.5 Å². The predicted molar refractivity (Wildman–Crippen MR) is 86.8 cm³/mol. The Hall–Kier alpha value is -2.28. The molecular formula is C20H20N2O. The summed E-state index contributed by atoms with van der Waals surface area (Å²) in [5, 5.41) is 30.1. The van der Waals surface area contributed by atoms with Crippen molar-refractivity contribution in [1.82, 2.24) is 0 Å². The van der Waals surface area contributed by atoms with E-state index in [9.17, 15) is 15.6 Å². The number of rotatable bonds is 2. The number of hydrogen-bond donors (Lipinski definition) is 1. The SMILES string of the molecule is N#Cc1ccccc1C#C[C@@](O)(C1CCCCC1)C1(C#N)CC1. The molecule has 0 bridgehead atoms. The Kier molecular flexibility index (Phi) is 4.12. The molecule has 0 unspecified atom stereocenters. The molecule has 0 aromatic heterocycles. The molecule has 0 amide bonds. The van der Waals surface area contributed by atoms with Gasteiger partial charge in [0.2, 0.25) is 0 Å². The number of nitriles is 2. The molecule has 3 heteroatoms. The third-order valence-corrected chi connectivity index (χ3v) is 5.32. The van der Waals surface area contributed by atoms with Gasteiger partial charge in [-0.3, -0.25) is 0 Å². The Bertz CT molecular complexity index is 733. The molecule has 2 aliphatic carbocycles. The molecule has 0 radical (unpaired) electrons. The van der Waals surface area contributed by atoms with Crippen molar-refractivity contribution in [1.29, 1.82) is 10.5 Å². The van der Waals surface area contributed by atoms with Gasteiger partial charge in [0.1, 0.15) is 11.7 Å². The zero-order valence-electron chi connectivity index (χ0n) is 13.2. The minimum absolute atomic E-state index is 0.0557. The lowest BCUT2D eigenvalue weighted by molar-refractivity contribution is -0.0233. The highest BCUT2D eigenvalue weighted by Gasteiger charge is 2.62. The lowest BCUT2D eigenvalue weighted by Gasteiger charge is -2.38. The van der Waals surface area contributed by atoms with Crippen LogP contribution in [-0.4, -0.2) is 10.7 Å². The van der Waals surface area contributed by atoms with Crippen LogP contribution in [0.1, 0.15) is 56.1 Å². The molecule has 0 aliphatic heterocycles. The molecule has 2 aliphatic rings. The molecule has 23 heavy (non-hydrogen) atoms. The van der Waals surface area contributed by atoms with Gasteiger partial charge < -0.3 is 5.11 Å². The molecule has 1 N–H and O–H groups in total. The van der Waals surface area contributed by atoms with E-state index < -0.39 is 11.0 Å². The molecule has 1 atom stereocenters. The molecule has 0 saturated heterocycles. The second-order valence-corrected chi connectivity index (χ2v) is 6.70. The summed E-state index contributed by atoms with van der Waals surface area (Å²) in [6.07, 6.45) is 6.64. The van der Waals surface area contributed by atoms with Crippen LogP contribution in [-0.2, 0) is 0 Å². The van der Waals surface area contributed by atoms with Crippen LogP contribution in [0, 0.1) is 45.8 Å². The van der Waals surface area contributed by atoms with Gasteiger partial charge in [-0.2, -0.15) is 10.5 Å². The maximum absolute atomic E-state index is 11.4. The van der Waals surface area contributed by atoms with E-state index in [0.717, 1.165) is 25.7 Å². The normalized spacial score (nSPS) is 21.9. The first kappa shape index (κ1) is 15.6. The van der Waals surface area contributed by atoms with E-state index in [4.69, 9.17) is 0 Å². The van der Waals surface area contributed by atoms with Gasteiger partial charge >= 0.3 is 0 Å². The van der Waals surface area contributed by atoms with Gasteiger partial charge in [0, 0.05) is 11.5 Å². The van der Waals surface area contributed by atoms with Crippen LogP contribution in [0.3, 0.4) is 0 Å². The van der Waals surface area contributed by atoms with Crippen LogP contribution in [0.25, 0.3) is 0 Å². The van der Waals surface area contributed by atoms with E-state index in [1.54, 1.807) is 18.2 Å². The molecule has 3 nitrogen and oxygen atoms in total. The van der Waals surface area contributed by atoms with Crippen LogP contribution in [0.15, 0.2) is 24.3 Å². The van der Waals surface area contributed by atoms with E-state index in [1.807, 2.05) is 6.07 Å². The fraction of sp³-hybridized carbons (Fsp3) is 0.500. The van der Waals surface area contributed by atoms with Crippen molar-refractivity contribution in [3.8, 4) is 24.0 Å². The largest absolute Gasteiger partial charge is 0.376 e. The average molecular weight is 304 g/mol.